The van der Waals surface area contributed by atoms with Gasteiger partial charge in [-0.15, -0.1) is 0 Å². The van der Waals surface area contributed by atoms with Crippen molar-refractivity contribution < 1.29 is 0 Å². The van der Waals surface area contributed by atoms with Crippen LogP contribution in [0.3, 0.4) is 0 Å². The second-order valence-electron chi connectivity index (χ2n) is 4.21. The number of nitrogens with zero attached hydrogens (tertiary/aromatic N) is 2. The van der Waals surface area contributed by atoms with Gasteiger partial charge >= 0.3 is 0 Å². The van der Waals surface area contributed by atoms with Gasteiger partial charge in [0.25, 0.3) is 5.56 Å². The van der Waals surface area contributed by atoms with E-state index in [-0.39, 0.29) is 5.56 Å². The molecule has 4 nitrogen and oxygen atoms in total. The van der Waals surface area contributed by atoms with E-state index in [1.54, 1.807) is 12.1 Å². The third-order valence-corrected chi connectivity index (χ3v) is 3.00. The van der Waals surface area contributed by atoms with Gasteiger partial charge in [-0.1, -0.05) is 41.9 Å². The van der Waals surface area contributed by atoms with Crippen molar-refractivity contribution in [3.63, 3.8) is 0 Å². The summed E-state index contributed by atoms with van der Waals surface area (Å²) in [5, 5.41) is 0.543. The van der Waals surface area contributed by atoms with Crippen molar-refractivity contribution in [1.29, 1.82) is 0 Å². The number of benzene rings is 1. The summed E-state index contributed by atoms with van der Waals surface area (Å²) in [5.74, 6) is 0.518. The fraction of sp³-hybridized carbons (Fsp3) is 0. The van der Waals surface area contributed by atoms with Crippen LogP contribution < -0.4 is 5.56 Å². The van der Waals surface area contributed by atoms with Crippen molar-refractivity contribution in [3.8, 4) is 22.8 Å². The minimum Gasteiger partial charge on any atom is -0.306 e. The van der Waals surface area contributed by atoms with Crippen molar-refractivity contribution in [2.75, 3.05) is 0 Å². The third kappa shape index (κ3) is 2.60. The number of halogens is 1. The normalized spacial score (nSPS) is 10.4. The van der Waals surface area contributed by atoms with E-state index >= 15 is 0 Å². The SMILES string of the molecule is O=c1cc(-c2ccc(Cl)cn2)nc(-c2ccccc2)[nH]1. The molecule has 2 heterocycles. The Kier molecular flexibility index (Phi) is 3.31. The fourth-order valence-electron chi connectivity index (χ4n) is 1.85. The average Bonchev–Trinajstić information content (AvgIpc) is 2.48. The molecule has 2 aromatic heterocycles. The molecular weight excluding hydrogens is 274 g/mol. The van der Waals surface area contributed by atoms with E-state index in [9.17, 15) is 4.79 Å². The van der Waals surface area contributed by atoms with Gasteiger partial charge in [-0.3, -0.25) is 9.78 Å². The lowest BCUT2D eigenvalue weighted by Gasteiger charge is -2.04. The molecule has 3 rings (SSSR count). The highest BCUT2D eigenvalue weighted by molar-refractivity contribution is 6.30. The Hall–Kier alpha value is -2.46. The molecule has 0 saturated heterocycles. The van der Waals surface area contributed by atoms with E-state index in [2.05, 4.69) is 15.0 Å². The second-order valence-corrected chi connectivity index (χ2v) is 4.64. The Bertz CT molecular complexity index is 782. The molecule has 5 heteroatoms. The summed E-state index contributed by atoms with van der Waals surface area (Å²) in [4.78, 5) is 23.1. The lowest BCUT2D eigenvalue weighted by atomic mass is 10.2. The Morgan fingerprint density at radius 3 is 2.50 bits per heavy atom. The van der Waals surface area contributed by atoms with E-state index < -0.39 is 0 Å². The van der Waals surface area contributed by atoms with Gasteiger partial charge in [0, 0.05) is 17.8 Å². The van der Waals surface area contributed by atoms with Gasteiger partial charge in [-0.25, -0.2) is 4.98 Å². The summed E-state index contributed by atoms with van der Waals surface area (Å²) in [6, 6.07) is 14.3. The first-order chi connectivity index (χ1) is 9.72. The number of hydrogen-bond donors (Lipinski definition) is 1. The van der Waals surface area contributed by atoms with E-state index in [4.69, 9.17) is 11.6 Å². The zero-order chi connectivity index (χ0) is 13.9. The van der Waals surface area contributed by atoms with Crippen LogP contribution in [0, 0.1) is 0 Å². The monoisotopic (exact) mass is 283 g/mol. The molecule has 0 aliphatic rings. The quantitative estimate of drug-likeness (QED) is 0.786. The van der Waals surface area contributed by atoms with Crippen LogP contribution in [0.25, 0.3) is 22.8 Å². The van der Waals surface area contributed by atoms with E-state index in [0.717, 1.165) is 5.56 Å². The van der Waals surface area contributed by atoms with Gasteiger partial charge in [0.05, 0.1) is 16.4 Å². The maximum Gasteiger partial charge on any atom is 0.251 e. The molecule has 0 radical (unpaired) electrons. The summed E-state index contributed by atoms with van der Waals surface area (Å²) in [6.07, 6.45) is 1.53. The highest BCUT2D eigenvalue weighted by Crippen LogP contribution is 2.18. The lowest BCUT2D eigenvalue weighted by molar-refractivity contribution is 1.12. The van der Waals surface area contributed by atoms with Gasteiger partial charge < -0.3 is 4.98 Å². The molecule has 0 saturated carbocycles. The van der Waals surface area contributed by atoms with Gasteiger partial charge in [0.2, 0.25) is 0 Å². The molecule has 0 spiro atoms. The molecule has 98 valence electrons. The van der Waals surface area contributed by atoms with Crippen molar-refractivity contribution in [2.45, 2.75) is 0 Å². The summed E-state index contributed by atoms with van der Waals surface area (Å²) >= 11 is 5.81. The fourth-order valence-corrected chi connectivity index (χ4v) is 1.96. The predicted octanol–water partition coefficient (Wildman–Crippen LogP) is 3.15. The number of aromatic amines is 1. The van der Waals surface area contributed by atoms with Crippen molar-refractivity contribution in [2.24, 2.45) is 0 Å². The molecule has 1 aromatic carbocycles. The van der Waals surface area contributed by atoms with Crippen LogP contribution in [0.5, 0.6) is 0 Å². The minimum atomic E-state index is -0.217. The van der Waals surface area contributed by atoms with Crippen LogP contribution in [0.4, 0.5) is 0 Å². The summed E-state index contributed by atoms with van der Waals surface area (Å²) in [5.41, 5.74) is 1.76. The van der Waals surface area contributed by atoms with Crippen LogP contribution in [0.15, 0.2) is 59.5 Å². The molecule has 0 bridgehead atoms. The summed E-state index contributed by atoms with van der Waals surface area (Å²) < 4.78 is 0. The van der Waals surface area contributed by atoms with Crippen LogP contribution in [0.2, 0.25) is 5.02 Å². The molecule has 0 fully saturated rings. The standard InChI is InChI=1S/C15H10ClN3O/c16-11-6-7-12(17-9-11)13-8-14(20)19-15(18-13)10-4-2-1-3-5-10/h1-9H,(H,18,19,20). The number of hydrogen-bond acceptors (Lipinski definition) is 3. The Morgan fingerprint density at radius 1 is 1.00 bits per heavy atom. The summed E-state index contributed by atoms with van der Waals surface area (Å²) in [7, 11) is 0. The molecule has 0 aliphatic heterocycles. The van der Waals surface area contributed by atoms with Crippen molar-refractivity contribution >= 4 is 11.6 Å². The zero-order valence-electron chi connectivity index (χ0n) is 10.4. The Morgan fingerprint density at radius 2 is 1.80 bits per heavy atom. The minimum absolute atomic E-state index is 0.217. The molecule has 3 aromatic rings. The van der Waals surface area contributed by atoms with Crippen molar-refractivity contribution in [3.05, 3.63) is 70.1 Å². The first-order valence-electron chi connectivity index (χ1n) is 6.01. The molecule has 0 amide bonds. The number of aromatic nitrogens is 3. The molecule has 0 unspecified atom stereocenters. The Balaban J connectivity index is 2.12. The predicted molar refractivity (Wildman–Crippen MR) is 78.5 cm³/mol. The average molecular weight is 284 g/mol. The third-order valence-electron chi connectivity index (χ3n) is 2.78. The Labute approximate surface area is 120 Å². The van der Waals surface area contributed by atoms with Crippen LogP contribution in [-0.4, -0.2) is 15.0 Å². The zero-order valence-corrected chi connectivity index (χ0v) is 11.1. The second kappa shape index (κ2) is 5.27. The van der Waals surface area contributed by atoms with Gasteiger partial charge in [0.1, 0.15) is 5.82 Å². The first kappa shape index (κ1) is 12.6. The van der Waals surface area contributed by atoms with Crippen molar-refractivity contribution in [1.82, 2.24) is 15.0 Å². The maximum atomic E-state index is 11.8. The van der Waals surface area contributed by atoms with Crippen LogP contribution in [-0.2, 0) is 0 Å². The smallest absolute Gasteiger partial charge is 0.251 e. The van der Waals surface area contributed by atoms with Gasteiger partial charge in [-0.2, -0.15) is 0 Å². The molecule has 1 N–H and O–H groups in total. The van der Waals surface area contributed by atoms with Gasteiger partial charge in [-0.05, 0) is 12.1 Å². The molecule has 0 atom stereocenters. The van der Waals surface area contributed by atoms with Gasteiger partial charge in [0.15, 0.2) is 0 Å². The number of pyridine rings is 1. The van der Waals surface area contributed by atoms with E-state index in [1.807, 2.05) is 30.3 Å². The number of nitrogens with one attached hydrogen (secondary N) is 1. The van der Waals surface area contributed by atoms with E-state index in [0.29, 0.717) is 22.2 Å². The number of H-pyrrole nitrogens is 1. The highest BCUT2D eigenvalue weighted by atomic mass is 35.5. The van der Waals surface area contributed by atoms with E-state index in [1.165, 1.54) is 12.3 Å². The number of rotatable bonds is 2. The first-order valence-corrected chi connectivity index (χ1v) is 6.39. The summed E-state index contributed by atoms with van der Waals surface area (Å²) in [6.45, 7) is 0. The topological polar surface area (TPSA) is 58.6 Å². The largest absolute Gasteiger partial charge is 0.306 e. The molecule has 0 aliphatic carbocycles. The molecular formula is C15H10ClN3O. The molecule has 20 heavy (non-hydrogen) atoms. The lowest BCUT2D eigenvalue weighted by Crippen LogP contribution is -2.08. The van der Waals surface area contributed by atoms with Crippen LogP contribution in [0.1, 0.15) is 0 Å². The maximum absolute atomic E-state index is 11.8. The van der Waals surface area contributed by atoms with Crippen LogP contribution >= 0.6 is 11.6 Å². The highest BCUT2D eigenvalue weighted by Gasteiger charge is 2.06.